The molecule has 49 heavy (non-hydrogen) atoms. The lowest BCUT2D eigenvalue weighted by Gasteiger charge is -2.19. The van der Waals surface area contributed by atoms with E-state index >= 15 is 0 Å². The van der Waals surface area contributed by atoms with Gasteiger partial charge in [-0.15, -0.1) is 0 Å². The predicted octanol–water partition coefficient (Wildman–Crippen LogP) is 4.93. The van der Waals surface area contributed by atoms with E-state index in [1.54, 1.807) is 0 Å². The highest BCUT2D eigenvalue weighted by Gasteiger charge is 2.23. The van der Waals surface area contributed by atoms with E-state index < -0.39 is 0 Å². The van der Waals surface area contributed by atoms with E-state index in [9.17, 15) is 56.2 Å². The second-order valence-electron chi connectivity index (χ2n) is 12.5. The van der Waals surface area contributed by atoms with Gasteiger partial charge in [0.1, 0.15) is 57.5 Å². The van der Waals surface area contributed by atoms with Crippen LogP contribution in [0.3, 0.4) is 0 Å². The Morgan fingerprint density at radius 2 is 0.612 bits per heavy atom. The van der Waals surface area contributed by atoms with Crippen LogP contribution in [0.4, 0.5) is 0 Å². The van der Waals surface area contributed by atoms with E-state index in [-0.39, 0.29) is 170 Å². The van der Waals surface area contributed by atoms with Gasteiger partial charge in [0.05, 0.1) is 0 Å². The molecule has 10 aliphatic carbocycles. The van der Waals surface area contributed by atoms with Crippen LogP contribution in [0.15, 0.2) is 54.6 Å². The molecule has 5 aromatic rings. The van der Waals surface area contributed by atoms with Crippen molar-refractivity contribution in [3.63, 3.8) is 0 Å². The summed E-state index contributed by atoms with van der Waals surface area (Å²) >= 11 is 0. The number of phenolic OH excluding ortho intramolecular Hbond substituents is 10. The van der Waals surface area contributed by atoms with E-state index in [1.165, 1.54) is 54.6 Å². The molecule has 11 nitrogen and oxygen atoms in total. The fourth-order valence-electron chi connectivity index (χ4n) is 6.47. The van der Waals surface area contributed by atoms with Gasteiger partial charge >= 0.3 is 0 Å². The summed E-state index contributed by atoms with van der Waals surface area (Å²) in [6.07, 6.45) is -0.0612. The van der Waals surface area contributed by atoms with Gasteiger partial charge in [-0.2, -0.15) is 0 Å². The first-order valence-corrected chi connectivity index (χ1v) is 15.6. The zero-order valence-corrected chi connectivity index (χ0v) is 26.3. The Morgan fingerprint density at radius 1 is 0.347 bits per heavy atom. The van der Waals surface area contributed by atoms with Crippen LogP contribution in [0.2, 0.25) is 0 Å². The maximum atomic E-state index is 11.4. The molecule has 0 saturated carbocycles. The largest absolute Gasteiger partial charge is 0.508 e. The Morgan fingerprint density at radius 3 is 0.918 bits per heavy atom. The molecule has 0 amide bonds. The van der Waals surface area contributed by atoms with Crippen molar-refractivity contribution < 1.29 is 56.2 Å². The molecule has 0 fully saturated rings. The SMILES string of the molecule is OCCCc1c(O)c2cc(O)c1Cc1cc(O)c(cc1O)Cc1cc(O)c(cc1O)Cc1cc(O)c(cc1O)Cc1cc(O)c(cc1O)C2. The van der Waals surface area contributed by atoms with Crippen molar-refractivity contribution in [3.05, 3.63) is 116 Å². The minimum Gasteiger partial charge on any atom is -0.508 e. The minimum atomic E-state index is -0.242. The summed E-state index contributed by atoms with van der Waals surface area (Å²) in [4.78, 5) is 0. The first kappa shape index (κ1) is 33.0. The zero-order chi connectivity index (χ0) is 35.1. The van der Waals surface area contributed by atoms with Gasteiger partial charge in [0.15, 0.2) is 0 Å². The maximum Gasteiger partial charge on any atom is 0.122 e. The van der Waals surface area contributed by atoms with E-state index in [0.717, 1.165) is 0 Å². The van der Waals surface area contributed by atoms with Crippen LogP contribution in [0, 0.1) is 0 Å². The Hall–Kier alpha value is -5.94. The van der Waals surface area contributed by atoms with Crippen molar-refractivity contribution >= 4 is 0 Å². The van der Waals surface area contributed by atoms with E-state index in [2.05, 4.69) is 0 Å². The summed E-state index contributed by atoms with van der Waals surface area (Å²) < 4.78 is 0. The molecule has 11 heteroatoms. The van der Waals surface area contributed by atoms with Gasteiger partial charge < -0.3 is 56.2 Å². The van der Waals surface area contributed by atoms with Gasteiger partial charge in [0, 0.05) is 99.9 Å². The molecule has 0 aromatic heterocycles. The number of aromatic hydroxyl groups is 10. The average molecular weight is 669 g/mol. The normalized spacial score (nSPS) is 12.8. The summed E-state index contributed by atoms with van der Waals surface area (Å²) in [6, 6.07) is 11.7. The standard InChI is InChI=1S/C38H36O11/c39-3-1-2-27-28-8-25-16-35(46)23(14-36(25)47)6-21-12-31(42)19(10-32(21)43)4-18-9-30(41)20(11-29(18)40)5-22-13-34(45)24(15-33(22)44)7-26(38(27)49)17-37(28)48/h9-17,39-49H,1-8H2. The van der Waals surface area contributed by atoms with Crippen LogP contribution in [0.1, 0.15) is 67.6 Å². The maximum absolute atomic E-state index is 11.4. The van der Waals surface area contributed by atoms with Crippen molar-refractivity contribution in [1.29, 1.82) is 0 Å². The van der Waals surface area contributed by atoms with Crippen LogP contribution in [-0.2, 0) is 38.5 Å². The van der Waals surface area contributed by atoms with Gasteiger partial charge in [-0.25, -0.2) is 0 Å². The second kappa shape index (κ2) is 12.9. The van der Waals surface area contributed by atoms with Crippen molar-refractivity contribution in [3.8, 4) is 57.5 Å². The highest BCUT2D eigenvalue weighted by atomic mass is 16.3. The lowest BCUT2D eigenvalue weighted by Crippen LogP contribution is -2.03. The number of rotatable bonds is 3. The van der Waals surface area contributed by atoms with Crippen LogP contribution in [-0.4, -0.2) is 62.8 Å². The third-order valence-corrected chi connectivity index (χ3v) is 9.17. The topological polar surface area (TPSA) is 223 Å². The summed E-state index contributed by atoms with van der Waals surface area (Å²) in [5, 5.41) is 119. The molecule has 0 heterocycles. The summed E-state index contributed by atoms with van der Waals surface area (Å²) in [5.41, 5.74) is 2.59. The number of benzene rings is 5. The first-order chi connectivity index (χ1) is 23.3. The van der Waals surface area contributed by atoms with Crippen LogP contribution in [0.25, 0.3) is 0 Å². The molecule has 254 valence electrons. The quantitative estimate of drug-likeness (QED) is 0.113. The zero-order valence-electron chi connectivity index (χ0n) is 26.3. The van der Waals surface area contributed by atoms with Crippen molar-refractivity contribution in [2.75, 3.05) is 6.61 Å². The Labute approximate surface area is 280 Å². The van der Waals surface area contributed by atoms with Gasteiger partial charge in [0.25, 0.3) is 0 Å². The van der Waals surface area contributed by atoms with Crippen molar-refractivity contribution in [2.45, 2.75) is 44.9 Å². The molecule has 0 spiro atoms. The molecular formula is C38H36O11. The molecule has 5 aromatic carbocycles. The van der Waals surface area contributed by atoms with Crippen molar-refractivity contribution in [2.24, 2.45) is 0 Å². The second-order valence-corrected chi connectivity index (χ2v) is 12.5. The minimum absolute atomic E-state index is 0.0689. The Bertz CT molecular complexity index is 2100. The summed E-state index contributed by atoms with van der Waals surface area (Å²) in [7, 11) is 0. The summed E-state index contributed by atoms with van der Waals surface area (Å²) in [5.74, 6) is -2.31. The summed E-state index contributed by atoms with van der Waals surface area (Å²) in [6.45, 7) is -0.208. The van der Waals surface area contributed by atoms with Crippen LogP contribution in [0.5, 0.6) is 57.5 Å². The van der Waals surface area contributed by atoms with Gasteiger partial charge in [0.2, 0.25) is 0 Å². The van der Waals surface area contributed by atoms with E-state index in [1.807, 2.05) is 0 Å². The fourth-order valence-corrected chi connectivity index (χ4v) is 6.47. The lowest BCUT2D eigenvalue weighted by molar-refractivity contribution is 0.287. The molecule has 11 N–H and O–H groups in total. The molecule has 0 aliphatic heterocycles. The number of phenols is 10. The molecule has 0 unspecified atom stereocenters. The van der Waals surface area contributed by atoms with E-state index in [0.29, 0.717) is 0 Å². The third kappa shape index (κ3) is 6.48. The smallest absolute Gasteiger partial charge is 0.122 e. The molecule has 15 rings (SSSR count). The highest BCUT2D eigenvalue weighted by molar-refractivity contribution is 5.60. The molecular weight excluding hydrogens is 632 g/mol. The fraction of sp³-hybridized carbons (Fsp3) is 0.211. The number of aliphatic hydroxyl groups excluding tert-OH is 1. The number of hydrogen-bond donors (Lipinski definition) is 11. The van der Waals surface area contributed by atoms with E-state index in [4.69, 9.17) is 0 Å². The highest BCUT2D eigenvalue weighted by Crippen LogP contribution is 2.42. The van der Waals surface area contributed by atoms with Crippen LogP contribution < -0.4 is 0 Å². The predicted molar refractivity (Wildman–Crippen MR) is 178 cm³/mol. The first-order valence-electron chi connectivity index (χ1n) is 15.6. The third-order valence-electron chi connectivity index (χ3n) is 9.17. The Kier molecular flexibility index (Phi) is 8.70. The molecule has 10 aliphatic rings. The molecule has 0 radical (unpaired) electrons. The Balaban J connectivity index is 1.53. The van der Waals surface area contributed by atoms with Gasteiger partial charge in [-0.3, -0.25) is 0 Å². The van der Waals surface area contributed by atoms with Gasteiger partial charge in [-0.05, 0) is 67.4 Å². The van der Waals surface area contributed by atoms with Crippen molar-refractivity contribution in [1.82, 2.24) is 0 Å². The number of hydrogen-bond acceptors (Lipinski definition) is 11. The molecule has 0 atom stereocenters. The monoisotopic (exact) mass is 668 g/mol. The molecule has 0 saturated heterocycles. The van der Waals surface area contributed by atoms with Gasteiger partial charge in [-0.1, -0.05) is 0 Å². The number of aliphatic hydroxyl groups is 1. The lowest BCUT2D eigenvalue weighted by atomic mass is 9.89. The molecule has 10 bridgehead atoms. The average Bonchev–Trinajstić information content (AvgIpc) is 3.04. The van der Waals surface area contributed by atoms with Crippen LogP contribution >= 0.6 is 0 Å².